The van der Waals surface area contributed by atoms with Gasteiger partial charge in [0.1, 0.15) is 0 Å². The second-order valence-electron chi connectivity index (χ2n) is 7.13. The van der Waals surface area contributed by atoms with E-state index in [0.29, 0.717) is 3.88 Å². The standard InChI is InChI=1S/C9H13.3C4H6O2.Ti/c1-6-5-7(2)9(4)8(6)3;3*1-3(2)4(5)6;/h6H,1-4H3;3*1H2,2H3,(H,5,6);/q;;;;+3/p-3. The zero-order valence-electron chi connectivity index (χ0n) is 17.6. The van der Waals surface area contributed by atoms with Gasteiger partial charge in [-0.05, 0) is 0 Å². The number of carbonyl (C=O) groups is 3. The third kappa shape index (κ3) is 4.80. The van der Waals surface area contributed by atoms with Crippen LogP contribution in [0.1, 0.15) is 48.5 Å². The average Bonchev–Trinajstić information content (AvgIpc) is 2.77. The number of hydrogen-bond acceptors (Lipinski definition) is 6. The molecule has 0 aromatic carbocycles. The van der Waals surface area contributed by atoms with Crippen LogP contribution in [-0.2, 0) is 42.1 Å². The van der Waals surface area contributed by atoms with Crippen LogP contribution in [0.3, 0.4) is 0 Å². The molecule has 28 heavy (non-hydrogen) atoms. The molecule has 0 saturated heterocycles. The van der Waals surface area contributed by atoms with E-state index >= 15 is 0 Å². The van der Waals surface area contributed by atoms with Crippen LogP contribution in [0.4, 0.5) is 0 Å². The molecule has 0 spiro atoms. The van der Waals surface area contributed by atoms with Gasteiger partial charge in [-0.15, -0.1) is 0 Å². The van der Waals surface area contributed by atoms with Gasteiger partial charge in [-0.1, -0.05) is 0 Å². The second kappa shape index (κ2) is 8.88. The minimum absolute atomic E-state index is 0.0954. The maximum absolute atomic E-state index is 12.5. The summed E-state index contributed by atoms with van der Waals surface area (Å²) in [4.78, 5) is 37.4. The van der Waals surface area contributed by atoms with Gasteiger partial charge in [0.05, 0.1) is 0 Å². The Morgan fingerprint density at radius 1 is 0.750 bits per heavy atom. The normalized spacial score (nSPS) is 16.6. The van der Waals surface area contributed by atoms with Crippen LogP contribution in [0.25, 0.3) is 0 Å². The topological polar surface area (TPSA) is 78.9 Å². The SMILES string of the molecule is C=C(C)C(=O)[O][Ti]([O]C(=O)C(=C)C)([O]C(=O)C(=C)C)[C]1=C(C)C(C)=C(C)C1C. The number of hydrogen-bond donors (Lipinski definition) is 0. The van der Waals surface area contributed by atoms with Crippen LogP contribution in [0.5, 0.6) is 0 Å². The molecule has 1 aliphatic carbocycles. The van der Waals surface area contributed by atoms with Gasteiger partial charge in [0.2, 0.25) is 0 Å². The summed E-state index contributed by atoms with van der Waals surface area (Å²) in [5.74, 6) is -2.61. The molecule has 0 saturated carbocycles. The van der Waals surface area contributed by atoms with E-state index in [0.717, 1.165) is 16.7 Å². The molecule has 152 valence electrons. The second-order valence-corrected chi connectivity index (χ2v) is 10.7. The van der Waals surface area contributed by atoms with Crippen LogP contribution in [0.2, 0.25) is 0 Å². The molecule has 0 aliphatic heterocycles. The molecule has 0 radical (unpaired) electrons. The first-order chi connectivity index (χ1) is 12.7. The molecule has 1 atom stereocenters. The van der Waals surface area contributed by atoms with E-state index in [2.05, 4.69) is 19.7 Å². The van der Waals surface area contributed by atoms with Crippen molar-refractivity contribution in [1.82, 2.24) is 0 Å². The Balaban J connectivity index is 3.73. The van der Waals surface area contributed by atoms with Crippen molar-refractivity contribution < 1.29 is 42.1 Å². The first-order valence-electron chi connectivity index (χ1n) is 8.80. The first kappa shape index (κ1) is 23.9. The van der Waals surface area contributed by atoms with Crippen molar-refractivity contribution in [3.8, 4) is 0 Å². The van der Waals surface area contributed by atoms with E-state index < -0.39 is 35.7 Å². The number of carbonyl (C=O) groups excluding carboxylic acids is 3. The molecule has 1 unspecified atom stereocenters. The molecule has 0 fully saturated rings. The molecule has 0 heterocycles. The predicted octanol–water partition coefficient (Wildman–Crippen LogP) is 4.50. The van der Waals surface area contributed by atoms with E-state index in [1.165, 1.54) is 20.8 Å². The number of rotatable bonds is 7. The molecular weight excluding hydrogens is 396 g/mol. The molecule has 0 aromatic heterocycles. The molecule has 1 aliphatic rings. The van der Waals surface area contributed by atoms with Gasteiger partial charge in [0.25, 0.3) is 0 Å². The van der Waals surface area contributed by atoms with E-state index in [4.69, 9.17) is 9.96 Å². The Morgan fingerprint density at radius 3 is 1.29 bits per heavy atom. The van der Waals surface area contributed by atoms with Crippen molar-refractivity contribution in [3.05, 3.63) is 57.1 Å². The number of allylic oxidation sites excluding steroid dienone is 4. The summed E-state index contributed by atoms with van der Waals surface area (Å²) < 4.78 is 17.5. The summed E-state index contributed by atoms with van der Waals surface area (Å²) in [6, 6.07) is 0. The molecule has 0 aromatic rings. The van der Waals surface area contributed by atoms with E-state index in [9.17, 15) is 14.4 Å². The fourth-order valence-corrected chi connectivity index (χ4v) is 7.56. The summed E-state index contributed by atoms with van der Waals surface area (Å²) in [6.07, 6.45) is 0. The van der Waals surface area contributed by atoms with Crippen LogP contribution in [0.15, 0.2) is 57.1 Å². The monoisotopic (exact) mass is 424 g/mol. The zero-order valence-corrected chi connectivity index (χ0v) is 19.2. The maximum atomic E-state index is 12.5. The fourth-order valence-electron chi connectivity index (χ4n) is 2.71. The van der Waals surface area contributed by atoms with Crippen LogP contribution in [-0.4, -0.2) is 17.9 Å². The zero-order chi connectivity index (χ0) is 22.0. The van der Waals surface area contributed by atoms with E-state index in [-0.39, 0.29) is 22.6 Å². The first-order valence-corrected chi connectivity index (χ1v) is 11.5. The van der Waals surface area contributed by atoms with Crippen LogP contribution in [0, 0.1) is 5.92 Å². The Bertz CT molecular complexity index is 774. The quantitative estimate of drug-likeness (QED) is 0.442. The average molecular weight is 424 g/mol. The van der Waals surface area contributed by atoms with Crippen molar-refractivity contribution in [2.75, 3.05) is 0 Å². The summed E-state index contributed by atoms with van der Waals surface area (Å²) in [7, 11) is 0. The van der Waals surface area contributed by atoms with E-state index in [1.807, 2.05) is 27.7 Å². The van der Waals surface area contributed by atoms with Crippen LogP contribution >= 0.6 is 0 Å². The Kier molecular flexibility index (Phi) is 7.57. The van der Waals surface area contributed by atoms with Crippen molar-refractivity contribution in [2.24, 2.45) is 5.92 Å². The molecule has 0 bridgehead atoms. The van der Waals surface area contributed by atoms with Gasteiger partial charge in [-0.25, -0.2) is 0 Å². The molecule has 0 amide bonds. The predicted molar refractivity (Wildman–Crippen MR) is 103 cm³/mol. The van der Waals surface area contributed by atoms with Gasteiger partial charge in [0.15, 0.2) is 0 Å². The molecule has 7 heteroatoms. The Hall–Kier alpha value is -2.18. The molecular formula is C21H28O6Ti. The van der Waals surface area contributed by atoms with Crippen molar-refractivity contribution in [3.63, 3.8) is 0 Å². The molecule has 0 N–H and O–H groups in total. The summed E-state index contributed by atoms with van der Waals surface area (Å²) in [5.41, 5.74) is 3.06. The molecule has 1 rings (SSSR count). The minimum atomic E-state index is -5.02. The van der Waals surface area contributed by atoms with E-state index in [1.54, 1.807) is 0 Å². The van der Waals surface area contributed by atoms with Gasteiger partial charge < -0.3 is 0 Å². The van der Waals surface area contributed by atoms with Crippen molar-refractivity contribution in [2.45, 2.75) is 48.5 Å². The van der Waals surface area contributed by atoms with Crippen molar-refractivity contribution >= 4 is 17.9 Å². The van der Waals surface area contributed by atoms with Gasteiger partial charge in [-0.3, -0.25) is 0 Å². The summed E-state index contributed by atoms with van der Waals surface area (Å²) in [5, 5.41) is 0. The van der Waals surface area contributed by atoms with Gasteiger partial charge in [-0.2, -0.15) is 0 Å². The Morgan fingerprint density at radius 2 is 1.07 bits per heavy atom. The van der Waals surface area contributed by atoms with Crippen LogP contribution < -0.4 is 0 Å². The molecule has 6 nitrogen and oxygen atoms in total. The van der Waals surface area contributed by atoms with Gasteiger partial charge in [0, 0.05) is 0 Å². The fraction of sp³-hybridized carbons (Fsp3) is 0.381. The third-order valence-corrected chi connectivity index (χ3v) is 9.12. The summed E-state index contributed by atoms with van der Waals surface area (Å²) >= 11 is -5.02. The third-order valence-electron chi connectivity index (χ3n) is 4.70. The Labute approximate surface area is 171 Å². The summed E-state index contributed by atoms with van der Waals surface area (Å²) in [6.45, 7) is 22.7. The van der Waals surface area contributed by atoms with Crippen molar-refractivity contribution in [1.29, 1.82) is 0 Å². The van der Waals surface area contributed by atoms with Gasteiger partial charge >= 0.3 is 171 Å².